The number of amides is 1. The van der Waals surface area contributed by atoms with E-state index in [0.717, 1.165) is 36.7 Å². The molecule has 3 rings (SSSR count). The van der Waals surface area contributed by atoms with Crippen LogP contribution in [0.2, 0.25) is 0 Å². The van der Waals surface area contributed by atoms with Crippen molar-refractivity contribution in [2.75, 3.05) is 37.8 Å². The Hall–Kier alpha value is -2.38. The molecule has 7 heteroatoms. The number of nitrogens with zero attached hydrogens (tertiary/aromatic N) is 2. The Morgan fingerprint density at radius 2 is 2.08 bits per heavy atom. The maximum atomic E-state index is 11.6. The highest BCUT2D eigenvalue weighted by atomic mass is 32.1. The van der Waals surface area contributed by atoms with Gasteiger partial charge in [-0.05, 0) is 29.1 Å². The summed E-state index contributed by atoms with van der Waals surface area (Å²) < 4.78 is 5.36. The van der Waals surface area contributed by atoms with Crippen molar-refractivity contribution in [2.24, 2.45) is 5.16 Å². The van der Waals surface area contributed by atoms with Crippen molar-refractivity contribution in [1.82, 2.24) is 5.32 Å². The number of carbonyl (C=O) groups excluding carboxylic acids is 1. The van der Waals surface area contributed by atoms with Crippen molar-refractivity contribution in [3.63, 3.8) is 0 Å². The van der Waals surface area contributed by atoms with E-state index in [0.29, 0.717) is 6.54 Å². The maximum Gasteiger partial charge on any atom is 0.261 e. The first-order chi connectivity index (χ1) is 12.3. The van der Waals surface area contributed by atoms with Crippen LogP contribution in [-0.2, 0) is 20.9 Å². The molecule has 1 N–H and O–H groups in total. The zero-order valence-electron chi connectivity index (χ0n) is 13.9. The zero-order valence-corrected chi connectivity index (χ0v) is 14.7. The number of anilines is 1. The molecule has 1 aliphatic heterocycles. The summed E-state index contributed by atoms with van der Waals surface area (Å²) in [6, 6.07) is 12.0. The van der Waals surface area contributed by atoms with Gasteiger partial charge in [0.05, 0.1) is 26.0 Å². The van der Waals surface area contributed by atoms with Crippen molar-refractivity contribution >= 4 is 29.1 Å². The molecule has 2 heterocycles. The molecular weight excluding hydrogens is 338 g/mol. The van der Waals surface area contributed by atoms with Crippen molar-refractivity contribution in [3.05, 3.63) is 52.2 Å². The number of hydrogen-bond donors (Lipinski definition) is 1. The third-order valence-electron chi connectivity index (χ3n) is 3.78. The molecule has 0 saturated carbocycles. The predicted molar refractivity (Wildman–Crippen MR) is 99.2 cm³/mol. The van der Waals surface area contributed by atoms with E-state index in [1.54, 1.807) is 17.6 Å². The molecule has 1 aromatic carbocycles. The van der Waals surface area contributed by atoms with E-state index in [2.05, 4.69) is 27.5 Å². The number of carbonyl (C=O) groups is 1. The second-order valence-corrected chi connectivity index (χ2v) is 6.59. The molecule has 1 amide bonds. The number of nitrogens with one attached hydrogen (secondary N) is 1. The number of benzene rings is 1. The minimum atomic E-state index is -0.187. The Morgan fingerprint density at radius 3 is 2.80 bits per heavy atom. The fraction of sp³-hybridized carbons (Fsp3) is 0.333. The molecule has 0 spiro atoms. The summed E-state index contributed by atoms with van der Waals surface area (Å²) >= 11 is 1.61. The molecule has 1 aromatic heterocycles. The van der Waals surface area contributed by atoms with Crippen LogP contribution >= 0.6 is 11.3 Å². The Bertz CT molecular complexity index is 680. The second-order valence-electron chi connectivity index (χ2n) is 5.55. The van der Waals surface area contributed by atoms with Gasteiger partial charge in [-0.1, -0.05) is 23.4 Å². The minimum absolute atomic E-state index is 0.0895. The third kappa shape index (κ3) is 5.58. The molecular formula is C18H21N3O3S. The van der Waals surface area contributed by atoms with Gasteiger partial charge < -0.3 is 19.8 Å². The largest absolute Gasteiger partial charge is 0.386 e. The quantitative estimate of drug-likeness (QED) is 0.608. The number of thiophene rings is 1. The Kier molecular flexibility index (Phi) is 6.42. The van der Waals surface area contributed by atoms with Gasteiger partial charge in [-0.2, -0.15) is 0 Å². The van der Waals surface area contributed by atoms with Crippen LogP contribution in [0.1, 0.15) is 10.4 Å². The molecule has 0 unspecified atom stereocenters. The van der Waals surface area contributed by atoms with E-state index in [4.69, 9.17) is 9.57 Å². The Morgan fingerprint density at radius 1 is 1.28 bits per heavy atom. The first kappa shape index (κ1) is 17.4. The lowest BCUT2D eigenvalue weighted by molar-refractivity contribution is -0.125. The highest BCUT2D eigenvalue weighted by Crippen LogP contribution is 2.16. The molecule has 25 heavy (non-hydrogen) atoms. The van der Waals surface area contributed by atoms with Crippen LogP contribution < -0.4 is 10.2 Å². The van der Waals surface area contributed by atoms with Crippen molar-refractivity contribution in [2.45, 2.75) is 6.54 Å². The lowest BCUT2D eigenvalue weighted by atomic mass is 10.2. The fourth-order valence-corrected chi connectivity index (χ4v) is 3.08. The van der Waals surface area contributed by atoms with E-state index in [1.165, 1.54) is 5.69 Å². The monoisotopic (exact) mass is 359 g/mol. The number of rotatable bonds is 7. The topological polar surface area (TPSA) is 63.2 Å². The summed E-state index contributed by atoms with van der Waals surface area (Å²) in [6.07, 6.45) is 1.61. The SMILES string of the molecule is O=C(CON=Cc1ccc(N2CCOCC2)cc1)NCc1cccs1. The van der Waals surface area contributed by atoms with Crippen molar-refractivity contribution in [1.29, 1.82) is 0 Å². The number of hydrogen-bond acceptors (Lipinski definition) is 6. The fourth-order valence-electron chi connectivity index (χ4n) is 2.44. The van der Waals surface area contributed by atoms with E-state index in [-0.39, 0.29) is 12.5 Å². The summed E-state index contributed by atoms with van der Waals surface area (Å²) in [5, 5.41) is 8.62. The van der Waals surface area contributed by atoms with Gasteiger partial charge in [-0.3, -0.25) is 4.79 Å². The average Bonchev–Trinajstić information content (AvgIpc) is 3.18. The van der Waals surface area contributed by atoms with Gasteiger partial charge in [-0.15, -0.1) is 11.3 Å². The van der Waals surface area contributed by atoms with Crippen LogP contribution in [-0.4, -0.2) is 45.0 Å². The molecule has 1 saturated heterocycles. The summed E-state index contributed by atoms with van der Waals surface area (Å²) in [4.78, 5) is 20.1. The lowest BCUT2D eigenvalue weighted by Gasteiger charge is -2.28. The predicted octanol–water partition coefficient (Wildman–Crippen LogP) is 2.25. The van der Waals surface area contributed by atoms with Gasteiger partial charge in [0.15, 0.2) is 6.61 Å². The standard InChI is InChI=1S/C18H21N3O3S/c22-18(19-13-17-2-1-11-25-17)14-24-20-12-15-3-5-16(6-4-15)21-7-9-23-10-8-21/h1-6,11-12H,7-10,13-14H2,(H,19,22). The molecule has 1 fully saturated rings. The number of morpholine rings is 1. The van der Waals surface area contributed by atoms with E-state index in [1.807, 2.05) is 29.6 Å². The van der Waals surface area contributed by atoms with E-state index >= 15 is 0 Å². The number of ether oxygens (including phenoxy) is 1. The van der Waals surface area contributed by atoms with E-state index in [9.17, 15) is 4.79 Å². The first-order valence-corrected chi connectivity index (χ1v) is 9.06. The first-order valence-electron chi connectivity index (χ1n) is 8.18. The Labute approximate surface area is 151 Å². The smallest absolute Gasteiger partial charge is 0.261 e. The van der Waals surface area contributed by atoms with Crippen LogP contribution in [0.5, 0.6) is 0 Å². The van der Waals surface area contributed by atoms with Gasteiger partial charge in [-0.25, -0.2) is 0 Å². The summed E-state index contributed by atoms with van der Waals surface area (Å²) in [6.45, 7) is 3.80. The molecule has 6 nitrogen and oxygen atoms in total. The second kappa shape index (κ2) is 9.19. The summed E-state index contributed by atoms with van der Waals surface area (Å²) in [5.74, 6) is -0.187. The summed E-state index contributed by atoms with van der Waals surface area (Å²) in [7, 11) is 0. The third-order valence-corrected chi connectivity index (χ3v) is 4.66. The highest BCUT2D eigenvalue weighted by molar-refractivity contribution is 7.09. The highest BCUT2D eigenvalue weighted by Gasteiger charge is 2.10. The molecule has 0 atom stereocenters. The van der Waals surface area contributed by atoms with Gasteiger partial charge >= 0.3 is 0 Å². The average molecular weight is 359 g/mol. The molecule has 0 bridgehead atoms. The Balaban J connectivity index is 1.39. The van der Waals surface area contributed by atoms with E-state index < -0.39 is 0 Å². The lowest BCUT2D eigenvalue weighted by Crippen LogP contribution is -2.36. The number of oxime groups is 1. The van der Waals surface area contributed by atoms with Gasteiger partial charge in [0.1, 0.15) is 0 Å². The normalized spacial score (nSPS) is 14.6. The maximum absolute atomic E-state index is 11.6. The van der Waals surface area contributed by atoms with Crippen LogP contribution in [0.3, 0.4) is 0 Å². The van der Waals surface area contributed by atoms with Crippen LogP contribution in [0.4, 0.5) is 5.69 Å². The zero-order chi connectivity index (χ0) is 17.3. The van der Waals surface area contributed by atoms with Crippen LogP contribution in [0.15, 0.2) is 46.9 Å². The van der Waals surface area contributed by atoms with Crippen molar-refractivity contribution < 1.29 is 14.4 Å². The minimum Gasteiger partial charge on any atom is -0.386 e. The molecule has 0 radical (unpaired) electrons. The van der Waals surface area contributed by atoms with Gasteiger partial charge in [0, 0.05) is 23.7 Å². The molecule has 132 valence electrons. The molecule has 0 aliphatic carbocycles. The molecule has 2 aromatic rings. The van der Waals surface area contributed by atoms with Crippen LogP contribution in [0.25, 0.3) is 0 Å². The van der Waals surface area contributed by atoms with Crippen molar-refractivity contribution in [3.8, 4) is 0 Å². The van der Waals surface area contributed by atoms with Gasteiger partial charge in [0.25, 0.3) is 5.91 Å². The van der Waals surface area contributed by atoms with Crippen LogP contribution in [0, 0.1) is 0 Å². The summed E-state index contributed by atoms with van der Waals surface area (Å²) in [5.41, 5.74) is 2.10. The van der Waals surface area contributed by atoms with Gasteiger partial charge in [0.2, 0.25) is 0 Å². The molecule has 1 aliphatic rings.